The van der Waals surface area contributed by atoms with E-state index in [9.17, 15) is 9.59 Å². The maximum Gasteiger partial charge on any atom is 0.316 e. The molecule has 5 heteroatoms. The van der Waals surface area contributed by atoms with Crippen molar-refractivity contribution in [2.45, 2.75) is 51.5 Å². The average Bonchev–Trinajstić information content (AvgIpc) is 3.20. The molecule has 2 aromatic carbocycles. The first kappa shape index (κ1) is 25.1. The smallest absolute Gasteiger partial charge is 0.316 e. The number of rotatable bonds is 9. The van der Waals surface area contributed by atoms with Crippen LogP contribution in [0, 0.1) is 11.8 Å². The molecule has 2 aromatic rings. The molecular weight excluding hydrogens is 428 g/mol. The van der Waals surface area contributed by atoms with Crippen molar-refractivity contribution < 1.29 is 18.8 Å². The third kappa shape index (κ3) is 5.20. The molecule has 0 bridgehead atoms. The molecule has 176 valence electrons. The highest BCUT2D eigenvalue weighted by atomic mass is 28.4. The van der Waals surface area contributed by atoms with E-state index in [0.29, 0.717) is 19.4 Å². The number of methoxy groups -OCH3 is 1. The van der Waals surface area contributed by atoms with Crippen LogP contribution in [0.5, 0.6) is 0 Å². The lowest BCUT2D eigenvalue weighted by Crippen LogP contribution is -2.66. The van der Waals surface area contributed by atoms with E-state index in [1.165, 1.54) is 17.5 Å². The second kappa shape index (κ2) is 10.6. The first-order valence-corrected chi connectivity index (χ1v) is 13.7. The normalized spacial score (nSPS) is 18.8. The van der Waals surface area contributed by atoms with Crippen LogP contribution in [0.1, 0.15) is 46.5 Å². The molecule has 4 nitrogen and oxygen atoms in total. The summed E-state index contributed by atoms with van der Waals surface area (Å²) in [5.74, 6) is -1.29. The molecule has 1 saturated carbocycles. The quantitative estimate of drug-likeness (QED) is 0.178. The topological polar surface area (TPSA) is 52.6 Å². The van der Waals surface area contributed by atoms with E-state index in [-0.39, 0.29) is 16.7 Å². The van der Waals surface area contributed by atoms with Crippen LogP contribution in [0.4, 0.5) is 0 Å². The van der Waals surface area contributed by atoms with Gasteiger partial charge in [0, 0.05) is 18.9 Å². The largest absolute Gasteiger partial charge is 0.468 e. The standard InChI is InChI=1S/C28H36O4Si/c1-21(24-18-19-25(29)26(24)27(30)31-5)13-12-20-32-33(28(2,3)4,22-14-8-6-9-15-22)23-16-10-7-11-17-23/h6-11,14-17,24,26H,1,12-13,18-20H2,2-5H3/t24-,26-/m0/s1. The number of carbonyl (C=O) groups excluding carboxylic acids is 2. The number of benzene rings is 2. The van der Waals surface area contributed by atoms with Crippen LogP contribution in [0.3, 0.4) is 0 Å². The van der Waals surface area contributed by atoms with Gasteiger partial charge in [0.1, 0.15) is 11.7 Å². The summed E-state index contributed by atoms with van der Waals surface area (Å²) >= 11 is 0. The van der Waals surface area contributed by atoms with Crippen molar-refractivity contribution >= 4 is 30.4 Å². The van der Waals surface area contributed by atoms with E-state index < -0.39 is 20.2 Å². The summed E-state index contributed by atoms with van der Waals surface area (Å²) in [5.41, 5.74) is 0.947. The van der Waals surface area contributed by atoms with Gasteiger partial charge in [0.2, 0.25) is 0 Å². The van der Waals surface area contributed by atoms with E-state index in [0.717, 1.165) is 18.4 Å². The summed E-state index contributed by atoms with van der Waals surface area (Å²) in [6.07, 6.45) is 2.61. The molecule has 1 fully saturated rings. The van der Waals surface area contributed by atoms with Crippen LogP contribution in [0.2, 0.25) is 5.04 Å². The molecular formula is C28H36O4Si. The Labute approximate surface area is 199 Å². The zero-order valence-corrected chi connectivity index (χ0v) is 21.3. The highest BCUT2D eigenvalue weighted by molar-refractivity contribution is 6.99. The highest BCUT2D eigenvalue weighted by Gasteiger charge is 2.50. The lowest BCUT2D eigenvalue weighted by molar-refractivity contribution is -0.149. The fourth-order valence-electron chi connectivity index (χ4n) is 5.18. The molecule has 1 aliphatic carbocycles. The van der Waals surface area contributed by atoms with E-state index >= 15 is 0 Å². The number of esters is 1. The zero-order valence-electron chi connectivity index (χ0n) is 20.3. The second-order valence-electron chi connectivity index (χ2n) is 9.89. The Bertz CT molecular complexity index is 923. The number of allylic oxidation sites excluding steroid dienone is 1. The van der Waals surface area contributed by atoms with Crippen LogP contribution < -0.4 is 10.4 Å². The van der Waals surface area contributed by atoms with Crippen molar-refractivity contribution in [1.82, 2.24) is 0 Å². The first-order chi connectivity index (χ1) is 15.7. The van der Waals surface area contributed by atoms with E-state index in [2.05, 4.69) is 75.9 Å². The average molecular weight is 465 g/mol. The minimum atomic E-state index is -2.56. The fourth-order valence-corrected chi connectivity index (χ4v) is 9.78. The van der Waals surface area contributed by atoms with Gasteiger partial charge in [-0.25, -0.2) is 0 Å². The van der Waals surface area contributed by atoms with Crippen molar-refractivity contribution in [1.29, 1.82) is 0 Å². The van der Waals surface area contributed by atoms with Crippen LogP contribution >= 0.6 is 0 Å². The molecule has 0 N–H and O–H groups in total. The molecule has 1 aliphatic rings. The number of Topliss-reactive ketones (excluding diaryl/α,β-unsaturated/α-hetero) is 1. The Morgan fingerprint density at radius 1 is 1.03 bits per heavy atom. The number of ether oxygens (including phenoxy) is 1. The van der Waals surface area contributed by atoms with Crippen molar-refractivity contribution in [3.05, 3.63) is 72.8 Å². The third-order valence-electron chi connectivity index (χ3n) is 6.81. The van der Waals surface area contributed by atoms with Crippen LogP contribution in [-0.4, -0.2) is 33.8 Å². The molecule has 0 heterocycles. The summed E-state index contributed by atoms with van der Waals surface area (Å²) in [7, 11) is -1.22. The van der Waals surface area contributed by atoms with E-state index in [1.807, 2.05) is 12.1 Å². The zero-order chi connectivity index (χ0) is 24.1. The molecule has 0 unspecified atom stereocenters. The van der Waals surface area contributed by atoms with Crippen molar-refractivity contribution in [2.75, 3.05) is 13.7 Å². The van der Waals surface area contributed by atoms with Gasteiger partial charge in [-0.1, -0.05) is 93.6 Å². The lowest BCUT2D eigenvalue weighted by Gasteiger charge is -2.43. The molecule has 0 saturated heterocycles. The molecule has 0 aliphatic heterocycles. The summed E-state index contributed by atoms with van der Waals surface area (Å²) in [4.78, 5) is 24.3. The molecule has 33 heavy (non-hydrogen) atoms. The lowest BCUT2D eigenvalue weighted by atomic mass is 9.87. The van der Waals surface area contributed by atoms with E-state index in [4.69, 9.17) is 9.16 Å². The maximum absolute atomic E-state index is 12.2. The minimum absolute atomic E-state index is 0.0310. The molecule has 0 spiro atoms. The summed E-state index contributed by atoms with van der Waals surface area (Å²) < 4.78 is 11.8. The summed E-state index contributed by atoms with van der Waals surface area (Å²) in [6.45, 7) is 11.6. The van der Waals surface area contributed by atoms with Gasteiger partial charge in [0.05, 0.1) is 7.11 Å². The SMILES string of the molecule is C=C(CCCO[Si](c1ccccc1)(c1ccccc1)C(C)(C)C)[C@@H]1CCC(=O)[C@H]1C(=O)OC. The molecule has 0 radical (unpaired) electrons. The van der Waals surface area contributed by atoms with Crippen LogP contribution in [0.15, 0.2) is 72.8 Å². The maximum atomic E-state index is 12.2. The highest BCUT2D eigenvalue weighted by Crippen LogP contribution is 2.38. The van der Waals surface area contributed by atoms with Gasteiger partial charge in [-0.2, -0.15) is 0 Å². The van der Waals surface area contributed by atoms with Gasteiger partial charge in [0.15, 0.2) is 0 Å². The van der Waals surface area contributed by atoms with Crippen molar-refractivity contribution in [3.63, 3.8) is 0 Å². The Morgan fingerprint density at radius 2 is 1.58 bits per heavy atom. The van der Waals surface area contributed by atoms with Crippen molar-refractivity contribution in [3.8, 4) is 0 Å². The van der Waals surface area contributed by atoms with Gasteiger partial charge in [-0.05, 0) is 34.7 Å². The minimum Gasteiger partial charge on any atom is -0.468 e. The van der Waals surface area contributed by atoms with Crippen LogP contribution in [-0.2, 0) is 18.8 Å². The number of hydrogen-bond donors (Lipinski definition) is 0. The molecule has 0 amide bonds. The summed E-state index contributed by atoms with van der Waals surface area (Å²) in [5, 5.41) is 2.45. The Morgan fingerprint density at radius 3 is 2.06 bits per heavy atom. The van der Waals surface area contributed by atoms with Gasteiger partial charge in [0.25, 0.3) is 8.32 Å². The van der Waals surface area contributed by atoms with Gasteiger partial charge in [-0.3, -0.25) is 9.59 Å². The number of hydrogen-bond acceptors (Lipinski definition) is 4. The van der Waals surface area contributed by atoms with Gasteiger partial charge in [-0.15, -0.1) is 0 Å². The predicted octanol–water partition coefficient (Wildman–Crippen LogP) is 4.67. The molecule has 0 aromatic heterocycles. The number of carbonyl (C=O) groups is 2. The second-order valence-corrected chi connectivity index (χ2v) is 14.2. The first-order valence-electron chi connectivity index (χ1n) is 11.8. The Hall–Kier alpha value is -2.50. The predicted molar refractivity (Wildman–Crippen MR) is 135 cm³/mol. The number of ketones is 1. The van der Waals surface area contributed by atoms with Gasteiger partial charge >= 0.3 is 5.97 Å². The molecule has 3 rings (SSSR count). The third-order valence-corrected chi connectivity index (χ3v) is 11.9. The summed E-state index contributed by atoms with van der Waals surface area (Å²) in [6, 6.07) is 21.2. The monoisotopic (exact) mass is 464 g/mol. The Kier molecular flexibility index (Phi) is 8.08. The molecule has 2 atom stereocenters. The van der Waals surface area contributed by atoms with Gasteiger partial charge < -0.3 is 9.16 Å². The van der Waals surface area contributed by atoms with Crippen LogP contribution in [0.25, 0.3) is 0 Å². The Balaban J connectivity index is 1.77. The fraction of sp³-hybridized carbons (Fsp3) is 0.429. The van der Waals surface area contributed by atoms with E-state index in [1.54, 1.807) is 0 Å². The van der Waals surface area contributed by atoms with Crippen molar-refractivity contribution in [2.24, 2.45) is 11.8 Å².